The summed E-state index contributed by atoms with van der Waals surface area (Å²) in [5.74, 6) is -0.815. The van der Waals surface area contributed by atoms with E-state index in [9.17, 15) is 65.1 Å². The first-order valence-electron chi connectivity index (χ1n) is 42.2. The summed E-state index contributed by atoms with van der Waals surface area (Å²) < 4.78 is 48.6. The van der Waals surface area contributed by atoms with Crippen LogP contribution in [0.15, 0.2) is 257 Å². The van der Waals surface area contributed by atoms with E-state index < -0.39 is 25.8 Å². The highest BCUT2D eigenvalue weighted by Gasteiger charge is 2.24. The third-order valence-corrected chi connectivity index (χ3v) is 25.6. The monoisotopic (exact) mass is 2280 g/mol. The average molecular weight is 2290 g/mol. The van der Waals surface area contributed by atoms with Gasteiger partial charge >= 0.3 is 0 Å². The molecule has 10 rings (SSSR count). The second-order valence-electron chi connectivity index (χ2n) is 30.4. The predicted molar refractivity (Wildman–Crippen MR) is 580 cm³/mol. The number of ketones is 1. The minimum absolute atomic E-state index is 0.0184. The topological polar surface area (TPSA) is 348 Å². The molecule has 8 amide bonds. The number of allylic oxidation sites excluding steroid dienone is 6. The van der Waals surface area contributed by atoms with E-state index in [1.807, 2.05) is 12.2 Å². The van der Waals surface area contributed by atoms with Crippen molar-refractivity contribution in [2.45, 2.75) is 89.3 Å². The summed E-state index contributed by atoms with van der Waals surface area (Å²) >= 11 is 93.0. The molecule has 1 heterocycles. The van der Waals surface area contributed by atoms with E-state index in [4.69, 9.17) is 190 Å². The van der Waals surface area contributed by atoms with Crippen LogP contribution in [0.3, 0.4) is 0 Å². The summed E-state index contributed by atoms with van der Waals surface area (Å²) in [4.78, 5) is 104. The van der Waals surface area contributed by atoms with E-state index in [1.54, 1.807) is 188 Å². The number of aliphatic hydroxyl groups excluding tert-OH is 1. The van der Waals surface area contributed by atoms with Gasteiger partial charge < -0.3 is 52.4 Å². The maximum Gasteiger partial charge on any atom is 0.225 e. The average Bonchev–Trinajstić information content (AvgIpc) is 1.48. The largest absolute Gasteiger partial charge is 0.493 e. The quantitative estimate of drug-likeness (QED) is 0.00986. The molecule has 8 aromatic rings. The number of carbonyl (C=O) groups excluding carboxylic acids is 9. The van der Waals surface area contributed by atoms with E-state index in [0.29, 0.717) is 143 Å². The Labute approximate surface area is 902 Å². The molecule has 8 aromatic carbocycles. The number of benzene rings is 8. The van der Waals surface area contributed by atoms with Crippen LogP contribution < -0.4 is 42.5 Å². The fourth-order valence-corrected chi connectivity index (χ4v) is 14.6. The van der Waals surface area contributed by atoms with Crippen LogP contribution in [0.2, 0.25) is 80.4 Å². The van der Waals surface area contributed by atoms with Gasteiger partial charge in [0, 0.05) is 70.2 Å². The van der Waals surface area contributed by atoms with Gasteiger partial charge in [0.2, 0.25) is 47.3 Å². The Kier molecular flexibility index (Phi) is 61.3. The van der Waals surface area contributed by atoms with Gasteiger partial charge in [0.05, 0.1) is 156 Å². The molecule has 41 heteroatoms. The van der Waals surface area contributed by atoms with Crippen LogP contribution in [-0.2, 0) is 119 Å². The molecule has 141 heavy (non-hydrogen) atoms. The zero-order valence-corrected chi connectivity index (χ0v) is 90.1. The maximum absolute atomic E-state index is 11.8. The van der Waals surface area contributed by atoms with Crippen molar-refractivity contribution < 1.29 is 69.8 Å². The van der Waals surface area contributed by atoms with Gasteiger partial charge in [0.1, 0.15) is 21.8 Å². The summed E-state index contributed by atoms with van der Waals surface area (Å²) in [6.07, 6.45) is 21.4. The fraction of sp³-hybridized carbons (Fsp3) is 0.250. The molecule has 9 N–H and O–H groups in total. The van der Waals surface area contributed by atoms with Crippen molar-refractivity contribution in [3.8, 4) is 0 Å². The fourth-order valence-electron chi connectivity index (χ4n) is 11.1. The molecule has 0 aromatic heterocycles. The molecule has 1 aliphatic carbocycles. The number of aliphatic hydroxyl groups is 1. The van der Waals surface area contributed by atoms with Crippen molar-refractivity contribution in [3.05, 3.63) is 382 Å². The molecule has 0 bridgehead atoms. The van der Waals surface area contributed by atoms with Crippen LogP contribution in [0.5, 0.6) is 0 Å². The summed E-state index contributed by atoms with van der Waals surface area (Å²) in [6.45, 7) is 24.3. The number of hydrogen-bond acceptors (Lipinski definition) is 15. The highest BCUT2D eigenvalue weighted by molar-refractivity contribution is 7.90. The summed E-state index contributed by atoms with van der Waals surface area (Å²) in [5.41, 5.74) is 7.68. The molecule has 0 saturated carbocycles. The number of amides is 8. The van der Waals surface area contributed by atoms with Crippen LogP contribution >= 0.6 is 186 Å². The van der Waals surface area contributed by atoms with Gasteiger partial charge in [-0.05, 0) is 160 Å². The van der Waals surface area contributed by atoms with E-state index in [2.05, 4.69) is 82.0 Å². The minimum Gasteiger partial charge on any atom is -0.493 e. The molecular formula is C100H104Cl16N8O15S2. The number of ether oxygens (including phenoxy) is 1. The van der Waals surface area contributed by atoms with E-state index in [1.165, 1.54) is 0 Å². The molecule has 0 spiro atoms. The first-order chi connectivity index (χ1) is 66.5. The van der Waals surface area contributed by atoms with Crippen molar-refractivity contribution in [2.75, 3.05) is 70.0 Å². The van der Waals surface area contributed by atoms with Crippen LogP contribution in [0.4, 0.5) is 0 Å². The molecular weight excluding hydrogens is 2180 g/mol. The molecule has 2 atom stereocenters. The first-order valence-corrected chi connectivity index (χ1v) is 52.4. The lowest BCUT2D eigenvalue weighted by molar-refractivity contribution is -0.122. The lowest BCUT2D eigenvalue weighted by Crippen LogP contribution is -2.39. The van der Waals surface area contributed by atoms with E-state index in [-0.39, 0.29) is 123 Å². The Balaban J connectivity index is 0.000000415. The highest BCUT2D eigenvalue weighted by atomic mass is 35.5. The summed E-state index contributed by atoms with van der Waals surface area (Å²) in [5, 5.41) is 37.9. The summed E-state index contributed by atoms with van der Waals surface area (Å²) in [6, 6.07) is 40.5. The standard InChI is InChI=1S/C15H13Cl2NO2.C14H15Cl2NO2.C14H15Cl2NO.C13H13Cl2NO2.C12H13Cl2NO.C11H13Cl2NO3S.C11H11Cl2NO.C10H11Cl2NO3S/c1-9-4-11(14(19)5-9)8-18-15(20)7-10-2-3-12(16)13(17)6-10;1-2-3-4-11(18)9-17-14(19)8-10-5-6-12(15)13(16)7-10;1-2-3-4-5-8-17-14(18)10-11-6-7-12(15)13(16)9-11;1-8-4-10(18-8)7-16-13(17)6-9-2-3-11(14)12(15)5-9;1-2-3-6-15-12(16)8-9-4-5-10(13)11(14)7-9;1-18(16,17)5-4-14-11(15)7-8-2-3-9(12)10(13)6-8;1-2-5-14-11(15)7-8-3-4-9(12)10(13)6-8;1-17(15,16)6-13-10(14)5-7-2-3-8(11)9(12)4-7/h2-4,6H,1,5,7-8H2,(H,18,20);2-7,11,18H,1,8-9H2,(H,17,19);2-4,6-7,9H,1,5,8,10H2,(H,17,18);2-3,5,10H,1,4,6-7H2,(H,16,17);2,4-5,7H,1,3,6,8H2,(H,15,16);2-3,6H,4-5,7H2,1H3,(H,14,15);2-4,6H,1,5,7H2,(H,14,15);2-4H,5-6H2,1H3,(H,13,14)/b;2*4-3+;;;;;. The Morgan fingerprint density at radius 3 is 0.972 bits per heavy atom. The smallest absolute Gasteiger partial charge is 0.225 e. The van der Waals surface area contributed by atoms with Gasteiger partial charge in [-0.15, -0.1) is 13.2 Å². The van der Waals surface area contributed by atoms with Gasteiger partial charge in [-0.25, -0.2) is 16.8 Å². The maximum atomic E-state index is 11.8. The molecule has 1 aliphatic heterocycles. The number of carbonyl (C=O) groups is 9. The number of rotatable bonds is 38. The Morgan fingerprint density at radius 2 is 0.688 bits per heavy atom. The lowest BCUT2D eigenvalue weighted by atomic mass is 10.1. The molecule has 0 radical (unpaired) electrons. The number of Topliss-reactive ketones (excluding diaryl/α,β-unsaturated/α-hetero) is 1. The van der Waals surface area contributed by atoms with Gasteiger partial charge in [0.15, 0.2) is 15.6 Å². The van der Waals surface area contributed by atoms with Crippen LogP contribution in [0.1, 0.15) is 70.2 Å². The van der Waals surface area contributed by atoms with Crippen molar-refractivity contribution in [1.82, 2.24) is 42.5 Å². The minimum atomic E-state index is -3.21. The van der Waals surface area contributed by atoms with Gasteiger partial charge in [-0.2, -0.15) is 0 Å². The molecule has 758 valence electrons. The predicted octanol–water partition coefficient (Wildman–Crippen LogP) is 22.0. The number of hydrogen-bond donors (Lipinski definition) is 9. The van der Waals surface area contributed by atoms with Gasteiger partial charge in [-0.3, -0.25) is 43.2 Å². The molecule has 2 unspecified atom stereocenters. The Bertz CT molecular complexity index is 6040. The van der Waals surface area contributed by atoms with Crippen LogP contribution in [0.25, 0.3) is 0 Å². The third-order valence-electron chi connectivity index (χ3n) is 18.0. The third kappa shape index (κ3) is 57.4. The van der Waals surface area contributed by atoms with Crippen molar-refractivity contribution in [3.63, 3.8) is 0 Å². The number of sulfone groups is 2. The zero-order valence-electron chi connectivity index (χ0n) is 76.3. The summed E-state index contributed by atoms with van der Waals surface area (Å²) in [7, 11) is -6.26. The van der Waals surface area contributed by atoms with E-state index >= 15 is 0 Å². The first kappa shape index (κ1) is 126. The van der Waals surface area contributed by atoms with Crippen LogP contribution in [-0.4, -0.2) is 157 Å². The Morgan fingerprint density at radius 1 is 0.390 bits per heavy atom. The Hall–Kier alpha value is -8.85. The molecule has 2 aliphatic rings. The second kappa shape index (κ2) is 68.5. The van der Waals surface area contributed by atoms with Crippen molar-refractivity contribution in [2.24, 2.45) is 0 Å². The number of nitrogens with one attached hydrogen (secondary N) is 8. The number of halogens is 16. The molecule has 1 fully saturated rings. The SMILES string of the molecule is C=C/C=C/C(O)CNC(=O)Cc1ccc(Cl)c(Cl)c1.C=C/C=C/CCNC(=O)Cc1ccc(Cl)c(Cl)c1.C=C1C=C(CNC(=O)Cc2ccc(Cl)c(Cl)c2)C(=O)C1.C=C1CC(CNC(=O)Cc2ccc(Cl)c(Cl)c2)O1.C=CCCNC(=O)Cc1ccc(Cl)c(Cl)c1.C=CCNC(=O)Cc1ccc(Cl)c(Cl)c1.CS(=O)(=O)CCNC(=O)Cc1ccc(Cl)c(Cl)c1.CS(=O)(=O)CNC(=O)Cc1ccc(Cl)c(Cl)c1. The van der Waals surface area contributed by atoms with Gasteiger partial charge in [0.25, 0.3) is 0 Å². The zero-order chi connectivity index (χ0) is 105. The van der Waals surface area contributed by atoms with Crippen molar-refractivity contribution in [1.29, 1.82) is 0 Å². The molecule has 23 nitrogen and oxygen atoms in total. The van der Waals surface area contributed by atoms with Crippen molar-refractivity contribution >= 4 is 258 Å². The lowest BCUT2D eigenvalue weighted by Gasteiger charge is -2.29. The van der Waals surface area contributed by atoms with Gasteiger partial charge in [-0.1, -0.05) is 315 Å². The second-order valence-corrected chi connectivity index (χ2v) is 41.3. The van der Waals surface area contributed by atoms with E-state index in [0.717, 1.165) is 82.1 Å². The highest BCUT2D eigenvalue weighted by Crippen LogP contribution is 2.31. The molecule has 1 saturated heterocycles. The normalized spacial score (nSPS) is 12.3. The van der Waals surface area contributed by atoms with Crippen LogP contribution in [0, 0.1) is 0 Å².